The molecule has 2 aromatic rings. The van der Waals surface area contributed by atoms with E-state index in [-0.39, 0.29) is 29.7 Å². The maximum atomic E-state index is 15.0. The molecule has 2 aromatic carbocycles. The molecule has 6 rings (SSSR count). The molecule has 0 spiro atoms. The Balaban J connectivity index is 1.50. The van der Waals surface area contributed by atoms with Crippen molar-refractivity contribution in [2.45, 2.75) is 128 Å². The molecule has 1 aliphatic heterocycles. The van der Waals surface area contributed by atoms with E-state index in [1.54, 1.807) is 69.3 Å². The lowest BCUT2D eigenvalue weighted by molar-refractivity contribution is -0.365. The Morgan fingerprint density at radius 2 is 1.59 bits per heavy atom. The highest BCUT2D eigenvalue weighted by atomic mass is 19.3. The zero-order valence-corrected chi connectivity index (χ0v) is 34.2. The normalized spacial score (nSPS) is 33.3. The van der Waals surface area contributed by atoms with Crippen LogP contribution in [0.4, 0.5) is 9.32 Å². The van der Waals surface area contributed by atoms with Gasteiger partial charge in [-0.25, -0.2) is 14.4 Å². The van der Waals surface area contributed by atoms with Crippen molar-refractivity contribution >= 4 is 29.8 Å². The van der Waals surface area contributed by atoms with Crippen LogP contribution in [0.1, 0.15) is 90.2 Å². The summed E-state index contributed by atoms with van der Waals surface area (Å²) in [5.74, 6) is -5.69. The summed E-state index contributed by atoms with van der Waals surface area (Å²) in [6, 6.07) is 14.4. The van der Waals surface area contributed by atoms with Gasteiger partial charge in [-0.1, -0.05) is 62.4 Å². The van der Waals surface area contributed by atoms with Gasteiger partial charge in [-0.3, -0.25) is 9.59 Å². The van der Waals surface area contributed by atoms with Gasteiger partial charge in [0.15, 0.2) is 17.5 Å². The average molecular weight is 826 g/mol. The fraction of sp³-hybridized carbons (Fsp3) is 0.558. The van der Waals surface area contributed by atoms with E-state index >= 15 is 4.79 Å². The first-order valence-corrected chi connectivity index (χ1v) is 19.5. The molecule has 4 N–H and O–H groups in total. The SMILES string of the molecule is CC(=O)O[C@@]12COC1CC(OF)[C@@]1(C)C(=O)C(O)C3=C(C)[C@@H](OC(=O)[C@H](O)[C@@H](NC(=O)OC(C)(C)C)c4ccccc4)CC(O)([C@@H](OC(=O)c4ccccc4)C21)C3(C)C. The highest BCUT2D eigenvalue weighted by Gasteiger charge is 2.78. The van der Waals surface area contributed by atoms with Crippen LogP contribution in [0.2, 0.25) is 0 Å². The Hall–Kier alpha value is -4.74. The second kappa shape index (κ2) is 15.7. The summed E-state index contributed by atoms with van der Waals surface area (Å²) in [5.41, 5.74) is -8.67. The van der Waals surface area contributed by atoms with E-state index in [0.29, 0.717) is 5.56 Å². The van der Waals surface area contributed by atoms with E-state index in [0.717, 1.165) is 6.92 Å². The van der Waals surface area contributed by atoms with Crippen molar-refractivity contribution in [2.75, 3.05) is 6.61 Å². The van der Waals surface area contributed by atoms with E-state index in [1.807, 2.05) is 0 Å². The summed E-state index contributed by atoms with van der Waals surface area (Å²) in [4.78, 5) is 73.5. The number of ketones is 1. The summed E-state index contributed by atoms with van der Waals surface area (Å²) in [5, 5.41) is 39.8. The monoisotopic (exact) mass is 825 g/mol. The number of aliphatic hydroxyl groups excluding tert-OH is 2. The number of aliphatic hydroxyl groups is 3. The summed E-state index contributed by atoms with van der Waals surface area (Å²) in [6.45, 7) is 11.5. The highest BCUT2D eigenvalue weighted by Crippen LogP contribution is 2.64. The van der Waals surface area contributed by atoms with Crippen LogP contribution >= 0.6 is 0 Å². The van der Waals surface area contributed by atoms with Crippen molar-refractivity contribution in [3.8, 4) is 0 Å². The van der Waals surface area contributed by atoms with Crippen molar-refractivity contribution in [2.24, 2.45) is 16.7 Å². The molecule has 5 unspecified atom stereocenters. The molecule has 2 saturated carbocycles. The van der Waals surface area contributed by atoms with Gasteiger partial charge in [0.25, 0.3) is 0 Å². The predicted molar refractivity (Wildman–Crippen MR) is 204 cm³/mol. The number of hydrogen-bond donors (Lipinski definition) is 4. The largest absolute Gasteiger partial charge is 0.456 e. The maximum Gasteiger partial charge on any atom is 0.408 e. The fourth-order valence-electron chi connectivity index (χ4n) is 9.67. The first-order chi connectivity index (χ1) is 27.5. The summed E-state index contributed by atoms with van der Waals surface area (Å²) in [7, 11) is 0. The summed E-state index contributed by atoms with van der Waals surface area (Å²) in [6.07, 6.45) is -12.1. The zero-order chi connectivity index (χ0) is 43.5. The number of nitrogens with one attached hydrogen (secondary N) is 1. The van der Waals surface area contributed by atoms with Crippen LogP contribution in [0.5, 0.6) is 0 Å². The number of Topliss-reactive ketones (excluding diaryl/α,β-unsaturated/α-hetero) is 1. The van der Waals surface area contributed by atoms with Crippen molar-refractivity contribution < 1.29 is 72.4 Å². The number of benzene rings is 2. The van der Waals surface area contributed by atoms with Gasteiger partial charge in [0.1, 0.15) is 41.7 Å². The Morgan fingerprint density at radius 1 is 0.983 bits per heavy atom. The van der Waals surface area contributed by atoms with E-state index < -0.39 is 112 Å². The topological polar surface area (TPSA) is 213 Å². The number of carbonyl (C=O) groups is 5. The molecule has 11 atom stereocenters. The van der Waals surface area contributed by atoms with Gasteiger partial charge in [-0.2, -0.15) is 4.94 Å². The van der Waals surface area contributed by atoms with E-state index in [4.69, 9.17) is 23.7 Å². The maximum absolute atomic E-state index is 15.0. The van der Waals surface area contributed by atoms with Gasteiger partial charge in [0.2, 0.25) is 0 Å². The summed E-state index contributed by atoms with van der Waals surface area (Å²) >= 11 is 0. The van der Waals surface area contributed by atoms with Crippen LogP contribution in [0.25, 0.3) is 0 Å². The van der Waals surface area contributed by atoms with Gasteiger partial charge >= 0.3 is 24.0 Å². The van der Waals surface area contributed by atoms with Gasteiger partial charge in [0.05, 0.1) is 29.5 Å². The standard InChI is InChI=1S/C43H52FNO14/c1-22-26(55-37(51)32(48)30(24-15-11-9-12-16-24)45-38(52)58-39(3,4)5)20-43(53)35(56-36(50)25-17-13-10-14-18-25)33-41(8,34(49)31(47)29(22)40(43,6)7)27(59-44)19-28-42(33,21-54-28)57-23(2)46/h9-18,26-28,30-33,35,47-48,53H,19-21H2,1-8H3,(H,45,52)/t26-,27?,28?,30-,31?,32+,33?,35-,41+,42-,43?/m0/s1. The number of ether oxygens (including phenoxy) is 5. The minimum absolute atomic E-state index is 0.0411. The fourth-order valence-corrected chi connectivity index (χ4v) is 9.67. The van der Waals surface area contributed by atoms with E-state index in [2.05, 4.69) is 10.3 Å². The van der Waals surface area contributed by atoms with Crippen molar-refractivity contribution in [1.29, 1.82) is 0 Å². The van der Waals surface area contributed by atoms with Gasteiger partial charge in [0, 0.05) is 25.2 Å². The van der Waals surface area contributed by atoms with E-state index in [1.165, 1.54) is 39.8 Å². The van der Waals surface area contributed by atoms with Crippen molar-refractivity contribution in [3.05, 3.63) is 82.9 Å². The Bertz CT molecular complexity index is 2000. The van der Waals surface area contributed by atoms with Crippen molar-refractivity contribution in [1.82, 2.24) is 5.32 Å². The smallest absolute Gasteiger partial charge is 0.408 e. The molecular weight excluding hydrogens is 773 g/mol. The third-order valence-electron chi connectivity index (χ3n) is 12.6. The number of alkyl carbamates (subject to hydrolysis) is 1. The number of amides is 1. The molecular formula is C43H52FNO14. The second-order valence-corrected chi connectivity index (χ2v) is 17.6. The van der Waals surface area contributed by atoms with Gasteiger partial charge in [-0.15, -0.1) is 0 Å². The molecule has 59 heavy (non-hydrogen) atoms. The van der Waals surface area contributed by atoms with Gasteiger partial charge < -0.3 is 44.3 Å². The third-order valence-corrected chi connectivity index (χ3v) is 12.6. The van der Waals surface area contributed by atoms with Crippen LogP contribution in [0.3, 0.4) is 0 Å². The molecule has 1 heterocycles. The van der Waals surface area contributed by atoms with Crippen LogP contribution in [-0.2, 0) is 43.0 Å². The second-order valence-electron chi connectivity index (χ2n) is 17.6. The third kappa shape index (κ3) is 7.43. The van der Waals surface area contributed by atoms with Crippen LogP contribution in [0.15, 0.2) is 71.8 Å². The molecule has 2 bridgehead atoms. The molecule has 0 aromatic heterocycles. The number of fused-ring (bicyclic) bond motifs is 5. The number of esters is 3. The molecule has 1 saturated heterocycles. The zero-order valence-electron chi connectivity index (χ0n) is 34.2. The number of hydrogen-bond acceptors (Lipinski definition) is 14. The lowest BCUT2D eigenvalue weighted by Gasteiger charge is -2.67. The molecule has 16 heteroatoms. The minimum atomic E-state index is -2.42. The van der Waals surface area contributed by atoms with Gasteiger partial charge in [-0.05, 0) is 68.0 Å². The molecule has 3 aliphatic carbocycles. The molecule has 1 amide bonds. The molecule has 320 valence electrons. The molecule has 0 radical (unpaired) electrons. The first kappa shape index (κ1) is 43.8. The first-order valence-electron chi connectivity index (χ1n) is 19.5. The molecule has 4 aliphatic rings. The van der Waals surface area contributed by atoms with Crippen LogP contribution < -0.4 is 5.32 Å². The number of rotatable bonds is 9. The highest BCUT2D eigenvalue weighted by molar-refractivity contribution is 5.94. The molecule has 15 nitrogen and oxygen atoms in total. The molecule has 3 fully saturated rings. The quantitative estimate of drug-likeness (QED) is 0.159. The van der Waals surface area contributed by atoms with Crippen LogP contribution in [-0.4, -0.2) is 105 Å². The summed E-state index contributed by atoms with van der Waals surface area (Å²) < 4.78 is 44.3. The van der Waals surface area contributed by atoms with Crippen molar-refractivity contribution in [3.63, 3.8) is 0 Å². The predicted octanol–water partition coefficient (Wildman–Crippen LogP) is 4.17. The Morgan fingerprint density at radius 3 is 2.14 bits per heavy atom. The lowest BCUT2D eigenvalue weighted by atomic mass is 9.44. The van der Waals surface area contributed by atoms with Crippen LogP contribution in [0, 0.1) is 16.7 Å². The minimum Gasteiger partial charge on any atom is -0.456 e. The van der Waals surface area contributed by atoms with E-state index in [9.17, 15) is 39.0 Å². The average Bonchev–Trinajstić information content (AvgIpc) is 3.16. The number of carbonyl (C=O) groups excluding carboxylic acids is 5. The lowest BCUT2D eigenvalue weighted by Crippen LogP contribution is -2.81. The Kier molecular flexibility index (Phi) is 11.7. The Labute approximate surface area is 341 Å². The number of halogens is 1.